The number of nitrogens with zero attached hydrogens (tertiary/aromatic N) is 4. The van der Waals surface area contributed by atoms with Gasteiger partial charge in [-0.2, -0.15) is 0 Å². The number of carbonyl (C=O) groups is 1. The number of aryl methyl sites for hydroxylation is 1. The van der Waals surface area contributed by atoms with Crippen LogP contribution in [-0.2, 0) is 16.0 Å². The number of allylic oxidation sites excluding steroid dienone is 2. The van der Waals surface area contributed by atoms with Crippen LogP contribution in [0.1, 0.15) is 29.9 Å². The van der Waals surface area contributed by atoms with E-state index in [4.69, 9.17) is 23.6 Å². The summed E-state index contributed by atoms with van der Waals surface area (Å²) in [6, 6.07) is 20.2. The third-order valence-electron chi connectivity index (χ3n) is 8.47. The van der Waals surface area contributed by atoms with Crippen molar-refractivity contribution in [2.24, 2.45) is 10.9 Å². The molecule has 3 aliphatic rings. The van der Waals surface area contributed by atoms with Gasteiger partial charge in [-0.3, -0.25) is 9.79 Å². The van der Waals surface area contributed by atoms with Gasteiger partial charge >= 0.3 is 0 Å². The SMILES string of the molecule is COc1cc(C2=CC3=Nc4ccc(CCOc5ccc(N6CCOCC6)cc5)cc4NC(=O)C3CC2)ccc1-c1nnc(C)o1. The summed E-state index contributed by atoms with van der Waals surface area (Å²) in [5, 5.41) is 11.2. The molecule has 4 aromatic rings. The minimum atomic E-state index is -0.309. The van der Waals surface area contributed by atoms with E-state index in [1.54, 1.807) is 14.0 Å². The van der Waals surface area contributed by atoms with Gasteiger partial charge in [0.05, 0.1) is 55.5 Å². The highest BCUT2D eigenvalue weighted by atomic mass is 16.5. The van der Waals surface area contributed by atoms with Crippen molar-refractivity contribution >= 4 is 34.3 Å². The first-order valence-corrected chi connectivity index (χ1v) is 15.3. The lowest BCUT2D eigenvalue weighted by atomic mass is 9.84. The summed E-state index contributed by atoms with van der Waals surface area (Å²) in [4.78, 5) is 20.6. The number of morpholine rings is 1. The van der Waals surface area contributed by atoms with Gasteiger partial charge in [0, 0.05) is 32.1 Å². The predicted molar refractivity (Wildman–Crippen MR) is 173 cm³/mol. The van der Waals surface area contributed by atoms with Crippen LogP contribution in [0.25, 0.3) is 17.0 Å². The molecule has 3 aromatic carbocycles. The molecular formula is C35H35N5O5. The van der Waals surface area contributed by atoms with Gasteiger partial charge in [0.25, 0.3) is 5.89 Å². The molecule has 3 heterocycles. The Kier molecular flexibility index (Phi) is 8.04. The molecule has 1 N–H and O–H groups in total. The number of methoxy groups -OCH3 is 1. The number of anilines is 2. The number of hydrogen-bond acceptors (Lipinski definition) is 9. The van der Waals surface area contributed by atoms with E-state index >= 15 is 0 Å². The first-order valence-electron chi connectivity index (χ1n) is 15.3. The predicted octanol–water partition coefficient (Wildman–Crippen LogP) is 6.03. The molecule has 45 heavy (non-hydrogen) atoms. The third kappa shape index (κ3) is 6.19. The Bertz CT molecular complexity index is 1770. The van der Waals surface area contributed by atoms with Crippen LogP contribution in [0.4, 0.5) is 17.1 Å². The molecule has 0 bridgehead atoms. The van der Waals surface area contributed by atoms with Gasteiger partial charge in [-0.05, 0) is 84.1 Å². The van der Waals surface area contributed by atoms with Gasteiger partial charge in [-0.15, -0.1) is 10.2 Å². The molecule has 2 aliphatic heterocycles. The summed E-state index contributed by atoms with van der Waals surface area (Å²) in [6.07, 6.45) is 4.16. The Morgan fingerprint density at radius 1 is 1.02 bits per heavy atom. The average Bonchev–Trinajstić information content (AvgIpc) is 3.46. The summed E-state index contributed by atoms with van der Waals surface area (Å²) >= 11 is 0. The second-order valence-electron chi connectivity index (χ2n) is 11.4. The molecule has 1 fully saturated rings. The van der Waals surface area contributed by atoms with E-state index in [1.165, 1.54) is 5.69 Å². The van der Waals surface area contributed by atoms with Crippen LogP contribution in [0.2, 0.25) is 0 Å². The zero-order valence-electron chi connectivity index (χ0n) is 25.4. The topological polar surface area (TPSA) is 111 Å². The molecule has 0 spiro atoms. The second kappa shape index (κ2) is 12.6. The average molecular weight is 606 g/mol. The Morgan fingerprint density at radius 2 is 1.87 bits per heavy atom. The number of aliphatic imine (C=N–C) groups is 1. The van der Waals surface area contributed by atoms with E-state index in [-0.39, 0.29) is 11.8 Å². The molecule has 1 aliphatic carbocycles. The van der Waals surface area contributed by atoms with Crippen molar-refractivity contribution in [3.63, 3.8) is 0 Å². The number of rotatable bonds is 8. The van der Waals surface area contributed by atoms with Gasteiger partial charge in [0.15, 0.2) is 0 Å². The Hall–Kier alpha value is -4.96. The van der Waals surface area contributed by atoms with E-state index < -0.39 is 0 Å². The van der Waals surface area contributed by atoms with Gasteiger partial charge in [-0.25, -0.2) is 0 Å². The maximum absolute atomic E-state index is 13.3. The van der Waals surface area contributed by atoms with Crippen molar-refractivity contribution < 1.29 is 23.4 Å². The summed E-state index contributed by atoms with van der Waals surface area (Å²) in [7, 11) is 1.62. The monoisotopic (exact) mass is 605 g/mol. The number of aromatic nitrogens is 2. The van der Waals surface area contributed by atoms with E-state index in [1.807, 2.05) is 48.5 Å². The highest BCUT2D eigenvalue weighted by Gasteiger charge is 2.31. The van der Waals surface area contributed by atoms with Crippen molar-refractivity contribution in [2.75, 3.05) is 50.2 Å². The molecule has 1 amide bonds. The van der Waals surface area contributed by atoms with Gasteiger partial charge in [-0.1, -0.05) is 12.1 Å². The summed E-state index contributed by atoms with van der Waals surface area (Å²) < 4.78 is 22.8. The molecule has 10 heteroatoms. The van der Waals surface area contributed by atoms with Crippen LogP contribution in [0.5, 0.6) is 11.5 Å². The molecule has 0 saturated carbocycles. The number of nitrogens with one attached hydrogen (secondary N) is 1. The largest absolute Gasteiger partial charge is 0.496 e. The standard InChI is InChI=1S/C35H35N5O5/c1-22-38-39-35(45-22)29-11-5-25(21-33(29)42-2)24-4-10-28-31(20-24)36-30-12-3-23(19-32(30)37-34(28)41)13-16-44-27-8-6-26(7-9-27)40-14-17-43-18-15-40/h3,5-9,11-12,19-21,28H,4,10,13-18H2,1-2H3,(H,37,41). The number of ether oxygens (including phenoxy) is 3. The first kappa shape index (κ1) is 28.8. The number of hydrogen-bond donors (Lipinski definition) is 1. The van der Waals surface area contributed by atoms with Crippen LogP contribution < -0.4 is 19.7 Å². The lowest BCUT2D eigenvalue weighted by Gasteiger charge is -2.28. The Morgan fingerprint density at radius 3 is 2.64 bits per heavy atom. The number of fused-ring (bicyclic) bond motifs is 2. The molecule has 1 saturated heterocycles. The van der Waals surface area contributed by atoms with Crippen LogP contribution in [0.15, 0.2) is 76.1 Å². The minimum Gasteiger partial charge on any atom is -0.496 e. The van der Waals surface area contributed by atoms with Gasteiger partial charge < -0.3 is 28.8 Å². The van der Waals surface area contributed by atoms with E-state index in [9.17, 15) is 4.79 Å². The molecule has 7 rings (SSSR count). The molecule has 1 unspecified atom stereocenters. The number of carbonyl (C=O) groups excluding carboxylic acids is 1. The Labute approximate surface area is 261 Å². The lowest BCUT2D eigenvalue weighted by molar-refractivity contribution is -0.118. The summed E-state index contributed by atoms with van der Waals surface area (Å²) in [5.41, 5.74) is 7.34. The molecule has 230 valence electrons. The molecule has 1 atom stereocenters. The quantitative estimate of drug-likeness (QED) is 0.259. The normalized spacial score (nSPS) is 17.8. The fourth-order valence-electron chi connectivity index (χ4n) is 6.03. The molecule has 10 nitrogen and oxygen atoms in total. The number of amides is 1. The fraction of sp³-hybridized carbons (Fsp3) is 0.314. The second-order valence-corrected chi connectivity index (χ2v) is 11.4. The van der Waals surface area contributed by atoms with Gasteiger partial charge in [0.1, 0.15) is 11.5 Å². The number of benzene rings is 3. The maximum atomic E-state index is 13.3. The highest BCUT2D eigenvalue weighted by Crippen LogP contribution is 2.38. The summed E-state index contributed by atoms with van der Waals surface area (Å²) in [5.74, 6) is 2.05. The van der Waals surface area contributed by atoms with E-state index in [0.29, 0.717) is 37.0 Å². The molecule has 0 radical (unpaired) electrons. The molecule has 1 aromatic heterocycles. The Balaban J connectivity index is 1.05. The highest BCUT2D eigenvalue weighted by molar-refractivity contribution is 6.19. The van der Waals surface area contributed by atoms with E-state index in [2.05, 4.69) is 38.6 Å². The van der Waals surface area contributed by atoms with Crippen molar-refractivity contribution in [1.82, 2.24) is 10.2 Å². The van der Waals surface area contributed by atoms with Crippen molar-refractivity contribution in [3.05, 3.63) is 83.8 Å². The van der Waals surface area contributed by atoms with Crippen molar-refractivity contribution in [2.45, 2.75) is 26.2 Å². The lowest BCUT2D eigenvalue weighted by Crippen LogP contribution is -2.36. The zero-order chi connectivity index (χ0) is 30.8. The van der Waals surface area contributed by atoms with Gasteiger partial charge in [0.2, 0.25) is 11.8 Å². The van der Waals surface area contributed by atoms with Crippen LogP contribution >= 0.6 is 0 Å². The van der Waals surface area contributed by atoms with Crippen LogP contribution in [0.3, 0.4) is 0 Å². The minimum absolute atomic E-state index is 0.0313. The third-order valence-corrected chi connectivity index (χ3v) is 8.47. The van der Waals surface area contributed by atoms with Crippen LogP contribution in [0, 0.1) is 12.8 Å². The molecular weight excluding hydrogens is 570 g/mol. The van der Waals surface area contributed by atoms with Crippen LogP contribution in [-0.4, -0.2) is 61.8 Å². The zero-order valence-corrected chi connectivity index (χ0v) is 25.4. The van der Waals surface area contributed by atoms with E-state index in [0.717, 1.165) is 77.8 Å². The smallest absolute Gasteiger partial charge is 0.251 e. The summed E-state index contributed by atoms with van der Waals surface area (Å²) in [6.45, 7) is 5.62. The van der Waals surface area contributed by atoms with Crippen molar-refractivity contribution in [1.29, 1.82) is 0 Å². The van der Waals surface area contributed by atoms with Crippen molar-refractivity contribution in [3.8, 4) is 23.0 Å². The first-order chi connectivity index (χ1) is 22.0. The fourth-order valence-corrected chi connectivity index (χ4v) is 6.03. The maximum Gasteiger partial charge on any atom is 0.251 e.